The van der Waals surface area contributed by atoms with Gasteiger partial charge in [-0.2, -0.15) is 0 Å². The quantitative estimate of drug-likeness (QED) is 0.725. The van der Waals surface area contributed by atoms with E-state index in [4.69, 9.17) is 4.74 Å². The molecule has 7 heteroatoms. The molecule has 23 heavy (non-hydrogen) atoms. The van der Waals surface area contributed by atoms with Crippen LogP contribution in [0.25, 0.3) is 0 Å². The minimum Gasteiger partial charge on any atom is -0.383 e. The van der Waals surface area contributed by atoms with E-state index in [1.54, 1.807) is 7.11 Å². The van der Waals surface area contributed by atoms with E-state index in [1.165, 1.54) is 6.42 Å². The molecule has 0 aromatic rings. The lowest BCUT2D eigenvalue weighted by Crippen LogP contribution is -2.47. The Kier molecular flexibility index (Phi) is 9.52. The maximum Gasteiger partial charge on any atom is 0.236 e. The van der Waals surface area contributed by atoms with E-state index in [9.17, 15) is 9.59 Å². The third kappa shape index (κ3) is 6.28. The molecule has 0 aromatic heterocycles. The smallest absolute Gasteiger partial charge is 0.236 e. The van der Waals surface area contributed by atoms with Gasteiger partial charge in [-0.3, -0.25) is 9.59 Å². The fourth-order valence-corrected chi connectivity index (χ4v) is 3.23. The number of nitrogens with one attached hydrogen (secondary N) is 1. The summed E-state index contributed by atoms with van der Waals surface area (Å²) in [5.74, 6) is 0.550. The van der Waals surface area contributed by atoms with E-state index in [-0.39, 0.29) is 24.2 Å². The van der Waals surface area contributed by atoms with Crippen molar-refractivity contribution < 1.29 is 14.3 Å². The van der Waals surface area contributed by atoms with Crippen molar-refractivity contribution in [1.82, 2.24) is 15.1 Å². The Labute approximate surface area is 145 Å². The highest BCUT2D eigenvalue weighted by atomic mass is 35.5. The van der Waals surface area contributed by atoms with Gasteiger partial charge >= 0.3 is 0 Å². The van der Waals surface area contributed by atoms with E-state index in [1.807, 2.05) is 9.80 Å². The third-order valence-corrected chi connectivity index (χ3v) is 4.62. The van der Waals surface area contributed by atoms with Crippen LogP contribution in [0.1, 0.15) is 32.1 Å². The van der Waals surface area contributed by atoms with Gasteiger partial charge in [0.2, 0.25) is 11.8 Å². The molecule has 0 radical (unpaired) electrons. The van der Waals surface area contributed by atoms with Gasteiger partial charge in [-0.15, -0.1) is 12.4 Å². The molecule has 2 rings (SSSR count). The van der Waals surface area contributed by atoms with Crippen molar-refractivity contribution >= 4 is 24.2 Å². The number of nitrogens with zero attached hydrogens (tertiary/aromatic N) is 2. The summed E-state index contributed by atoms with van der Waals surface area (Å²) in [5, 5.41) is 3.08. The normalized spacial score (nSPS) is 19.3. The van der Waals surface area contributed by atoms with Gasteiger partial charge in [-0.25, -0.2) is 0 Å². The lowest BCUT2D eigenvalue weighted by atomic mass is 9.94. The Hall–Kier alpha value is -0.850. The molecule has 0 aromatic carbocycles. The number of likely N-dealkylation sites (tertiary alicyclic amines) is 2. The van der Waals surface area contributed by atoms with E-state index < -0.39 is 0 Å². The van der Waals surface area contributed by atoms with Crippen molar-refractivity contribution in [2.75, 3.05) is 53.0 Å². The molecular formula is C16H30ClN3O3. The zero-order valence-electron chi connectivity index (χ0n) is 14.1. The third-order valence-electron chi connectivity index (χ3n) is 4.62. The monoisotopic (exact) mass is 347 g/mol. The topological polar surface area (TPSA) is 61.9 Å². The van der Waals surface area contributed by atoms with Crippen molar-refractivity contribution in [2.45, 2.75) is 32.1 Å². The molecule has 2 saturated heterocycles. The van der Waals surface area contributed by atoms with E-state index >= 15 is 0 Å². The summed E-state index contributed by atoms with van der Waals surface area (Å²) in [5.41, 5.74) is 0. The number of methoxy groups -OCH3 is 1. The van der Waals surface area contributed by atoms with Crippen LogP contribution in [-0.4, -0.2) is 74.6 Å². The first-order chi connectivity index (χ1) is 10.7. The predicted molar refractivity (Wildman–Crippen MR) is 91.7 cm³/mol. The number of hydrogen-bond acceptors (Lipinski definition) is 4. The van der Waals surface area contributed by atoms with Crippen molar-refractivity contribution in [3.05, 3.63) is 0 Å². The molecule has 1 N–H and O–H groups in total. The van der Waals surface area contributed by atoms with Crippen LogP contribution in [0, 0.1) is 5.92 Å². The van der Waals surface area contributed by atoms with E-state index in [2.05, 4.69) is 5.32 Å². The fourth-order valence-electron chi connectivity index (χ4n) is 3.23. The molecule has 2 fully saturated rings. The summed E-state index contributed by atoms with van der Waals surface area (Å²) >= 11 is 0. The number of hydrogen-bond donors (Lipinski definition) is 1. The minimum absolute atomic E-state index is 0. The van der Waals surface area contributed by atoms with Gasteiger partial charge in [0, 0.05) is 45.8 Å². The van der Waals surface area contributed by atoms with Crippen LogP contribution in [0.15, 0.2) is 0 Å². The highest BCUT2D eigenvalue weighted by molar-refractivity contribution is 5.85. The molecule has 2 amide bonds. The van der Waals surface area contributed by atoms with Crippen LogP contribution < -0.4 is 5.32 Å². The molecule has 0 atom stereocenters. The average Bonchev–Trinajstić information content (AvgIpc) is 2.59. The Balaban J connectivity index is 0.00000264. The summed E-state index contributed by atoms with van der Waals surface area (Å²) in [7, 11) is 1.65. The molecule has 0 aliphatic carbocycles. The Morgan fingerprint density at radius 1 is 1.04 bits per heavy atom. The van der Waals surface area contributed by atoms with Gasteiger partial charge in [-0.05, 0) is 32.1 Å². The zero-order chi connectivity index (χ0) is 15.8. The Bertz CT molecular complexity index is 368. The second kappa shape index (κ2) is 10.8. The first kappa shape index (κ1) is 20.2. The summed E-state index contributed by atoms with van der Waals surface area (Å²) in [4.78, 5) is 28.4. The average molecular weight is 348 g/mol. The molecule has 0 spiro atoms. The first-order valence-corrected chi connectivity index (χ1v) is 8.48. The van der Waals surface area contributed by atoms with Crippen LogP contribution in [-0.2, 0) is 14.3 Å². The molecular weight excluding hydrogens is 318 g/mol. The van der Waals surface area contributed by atoms with Gasteiger partial charge in [0.05, 0.1) is 13.2 Å². The molecule has 2 aliphatic rings. The maximum atomic E-state index is 12.5. The van der Waals surface area contributed by atoms with Crippen molar-refractivity contribution in [1.29, 1.82) is 0 Å². The lowest BCUT2D eigenvalue weighted by Gasteiger charge is -2.35. The van der Waals surface area contributed by atoms with Crippen molar-refractivity contribution in [3.8, 4) is 0 Å². The molecule has 134 valence electrons. The lowest BCUT2D eigenvalue weighted by molar-refractivity contribution is -0.141. The first-order valence-electron chi connectivity index (χ1n) is 8.48. The van der Waals surface area contributed by atoms with Crippen LogP contribution in [0.2, 0.25) is 0 Å². The summed E-state index contributed by atoms with van der Waals surface area (Å²) in [6.45, 7) is 4.90. The Morgan fingerprint density at radius 3 is 2.30 bits per heavy atom. The van der Waals surface area contributed by atoms with Gasteiger partial charge in [-0.1, -0.05) is 0 Å². The van der Waals surface area contributed by atoms with Gasteiger partial charge < -0.3 is 19.9 Å². The second-order valence-electron chi connectivity index (χ2n) is 6.21. The standard InChI is InChI=1S/C16H29N3O3.ClH/c1-22-12-7-17-13-15(20)18-10-5-14(6-11-18)16(21)19-8-3-2-4-9-19;/h14,17H,2-13H2,1H3;1H. The highest BCUT2D eigenvalue weighted by Crippen LogP contribution is 2.21. The highest BCUT2D eigenvalue weighted by Gasteiger charge is 2.30. The van der Waals surface area contributed by atoms with Gasteiger partial charge in [0.1, 0.15) is 0 Å². The van der Waals surface area contributed by atoms with E-state index in [0.29, 0.717) is 38.7 Å². The van der Waals surface area contributed by atoms with Crippen LogP contribution in [0.5, 0.6) is 0 Å². The second-order valence-corrected chi connectivity index (χ2v) is 6.21. The molecule has 2 heterocycles. The Morgan fingerprint density at radius 2 is 1.70 bits per heavy atom. The van der Waals surface area contributed by atoms with Crippen LogP contribution in [0.4, 0.5) is 0 Å². The van der Waals surface area contributed by atoms with Crippen molar-refractivity contribution in [3.63, 3.8) is 0 Å². The zero-order valence-corrected chi connectivity index (χ0v) is 14.9. The fraction of sp³-hybridized carbons (Fsp3) is 0.875. The summed E-state index contributed by atoms with van der Waals surface area (Å²) < 4.78 is 4.94. The molecule has 0 saturated carbocycles. The number of piperidine rings is 2. The van der Waals surface area contributed by atoms with Crippen molar-refractivity contribution in [2.24, 2.45) is 5.92 Å². The predicted octanol–water partition coefficient (Wildman–Crippen LogP) is 0.895. The van der Waals surface area contributed by atoms with E-state index in [0.717, 1.165) is 38.8 Å². The number of carbonyl (C=O) groups is 2. The van der Waals surface area contributed by atoms with Gasteiger partial charge in [0.25, 0.3) is 0 Å². The van der Waals surface area contributed by atoms with Crippen LogP contribution >= 0.6 is 12.4 Å². The minimum atomic E-state index is 0. The van der Waals surface area contributed by atoms with Gasteiger partial charge in [0.15, 0.2) is 0 Å². The maximum absolute atomic E-state index is 12.5. The molecule has 2 aliphatic heterocycles. The molecule has 0 bridgehead atoms. The number of amides is 2. The number of carbonyl (C=O) groups excluding carboxylic acids is 2. The molecule has 0 unspecified atom stereocenters. The van der Waals surface area contributed by atoms with Crippen LogP contribution in [0.3, 0.4) is 0 Å². The number of rotatable bonds is 6. The largest absolute Gasteiger partial charge is 0.383 e. The summed E-state index contributed by atoms with van der Waals surface area (Å²) in [6.07, 6.45) is 5.12. The number of halogens is 1. The summed E-state index contributed by atoms with van der Waals surface area (Å²) in [6, 6.07) is 0. The SMILES string of the molecule is COCCNCC(=O)N1CCC(C(=O)N2CCCCC2)CC1.Cl. The molecule has 6 nitrogen and oxygen atoms in total. The number of ether oxygens (including phenoxy) is 1.